The fraction of sp³-hybridized carbons (Fsp3) is 0.412. The highest BCUT2D eigenvalue weighted by molar-refractivity contribution is 5.91. The molecule has 23 heavy (non-hydrogen) atoms. The molecule has 6 nitrogen and oxygen atoms in total. The lowest BCUT2D eigenvalue weighted by molar-refractivity contribution is -0.117. The van der Waals surface area contributed by atoms with Gasteiger partial charge in [0, 0.05) is 32.4 Å². The van der Waals surface area contributed by atoms with Gasteiger partial charge in [0.1, 0.15) is 5.60 Å². The molecule has 2 aromatic rings. The number of nitrogens with one attached hydrogen (secondary N) is 1. The minimum atomic E-state index is -0.878. The number of carbonyl (C=O) groups is 1. The van der Waals surface area contributed by atoms with Crippen LogP contribution < -0.4 is 5.32 Å². The lowest BCUT2D eigenvalue weighted by Gasteiger charge is -2.25. The average molecular weight is 314 g/mol. The molecule has 1 aliphatic heterocycles. The Balaban J connectivity index is 1.61. The molecule has 0 radical (unpaired) electrons. The van der Waals surface area contributed by atoms with Crippen LogP contribution in [0.15, 0.2) is 36.5 Å². The van der Waals surface area contributed by atoms with Crippen molar-refractivity contribution in [1.82, 2.24) is 14.7 Å². The zero-order valence-corrected chi connectivity index (χ0v) is 13.5. The Bertz CT molecular complexity index is 712. The Hall–Kier alpha value is -2.18. The van der Waals surface area contributed by atoms with Crippen molar-refractivity contribution in [2.45, 2.75) is 18.9 Å². The molecular weight excluding hydrogens is 292 g/mol. The highest BCUT2D eigenvalue weighted by Gasteiger charge is 2.38. The van der Waals surface area contributed by atoms with Gasteiger partial charge >= 0.3 is 0 Å². The molecule has 1 aromatic heterocycles. The van der Waals surface area contributed by atoms with Crippen LogP contribution in [0, 0.1) is 6.92 Å². The molecule has 1 fully saturated rings. The van der Waals surface area contributed by atoms with Crippen molar-refractivity contribution >= 4 is 11.7 Å². The number of aromatic nitrogens is 2. The molecule has 1 saturated heterocycles. The van der Waals surface area contributed by atoms with Gasteiger partial charge in [0.2, 0.25) is 5.91 Å². The SMILES string of the molecule is Cc1ccccc1[C@]1(O)CCN(CC(=O)Nc2ccn(C)n2)C1. The fourth-order valence-corrected chi connectivity index (χ4v) is 3.19. The van der Waals surface area contributed by atoms with Crippen molar-refractivity contribution in [3.63, 3.8) is 0 Å². The molecule has 0 unspecified atom stereocenters. The fourth-order valence-electron chi connectivity index (χ4n) is 3.19. The summed E-state index contributed by atoms with van der Waals surface area (Å²) in [4.78, 5) is 14.1. The molecule has 6 heteroatoms. The molecule has 0 saturated carbocycles. The molecule has 3 rings (SSSR count). The number of amides is 1. The average Bonchev–Trinajstić information content (AvgIpc) is 3.06. The second kappa shape index (κ2) is 6.14. The minimum Gasteiger partial charge on any atom is -0.384 e. The Morgan fingerprint density at radius 3 is 2.87 bits per heavy atom. The van der Waals surface area contributed by atoms with Gasteiger partial charge in [0.25, 0.3) is 0 Å². The van der Waals surface area contributed by atoms with Gasteiger partial charge in [0.05, 0.1) is 6.54 Å². The predicted octanol–water partition coefficient (Wildman–Crippen LogP) is 1.26. The molecule has 2 N–H and O–H groups in total. The van der Waals surface area contributed by atoms with Gasteiger partial charge in [-0.25, -0.2) is 0 Å². The van der Waals surface area contributed by atoms with Crippen LogP contribution in [0.5, 0.6) is 0 Å². The van der Waals surface area contributed by atoms with E-state index in [1.165, 1.54) is 0 Å². The van der Waals surface area contributed by atoms with Crippen molar-refractivity contribution in [1.29, 1.82) is 0 Å². The van der Waals surface area contributed by atoms with Crippen LogP contribution >= 0.6 is 0 Å². The maximum Gasteiger partial charge on any atom is 0.239 e. The van der Waals surface area contributed by atoms with E-state index in [0.717, 1.165) is 11.1 Å². The van der Waals surface area contributed by atoms with E-state index >= 15 is 0 Å². The molecular formula is C17H22N4O2. The number of nitrogens with zero attached hydrogens (tertiary/aromatic N) is 3. The molecule has 122 valence electrons. The predicted molar refractivity (Wildman–Crippen MR) is 88.0 cm³/mol. The summed E-state index contributed by atoms with van der Waals surface area (Å²) >= 11 is 0. The number of rotatable bonds is 4. The second-order valence-electron chi connectivity index (χ2n) is 6.23. The highest BCUT2D eigenvalue weighted by atomic mass is 16.3. The highest BCUT2D eigenvalue weighted by Crippen LogP contribution is 2.33. The summed E-state index contributed by atoms with van der Waals surface area (Å²) in [6, 6.07) is 9.63. The van der Waals surface area contributed by atoms with E-state index in [1.54, 1.807) is 24.0 Å². The topological polar surface area (TPSA) is 70.4 Å². The van der Waals surface area contributed by atoms with Crippen LogP contribution in [0.2, 0.25) is 0 Å². The van der Waals surface area contributed by atoms with Gasteiger partial charge in [-0.1, -0.05) is 24.3 Å². The van der Waals surface area contributed by atoms with Gasteiger partial charge in [-0.3, -0.25) is 14.4 Å². The van der Waals surface area contributed by atoms with Crippen LogP contribution in [0.3, 0.4) is 0 Å². The van der Waals surface area contributed by atoms with Gasteiger partial charge < -0.3 is 10.4 Å². The number of likely N-dealkylation sites (tertiary alicyclic amines) is 1. The van der Waals surface area contributed by atoms with Crippen LogP contribution in [0.1, 0.15) is 17.5 Å². The summed E-state index contributed by atoms with van der Waals surface area (Å²) in [6.45, 7) is 3.42. The third kappa shape index (κ3) is 3.43. The first-order valence-electron chi connectivity index (χ1n) is 7.77. The lowest BCUT2D eigenvalue weighted by Crippen LogP contribution is -2.35. The summed E-state index contributed by atoms with van der Waals surface area (Å²) in [6.07, 6.45) is 2.41. The number of anilines is 1. The van der Waals surface area contributed by atoms with Gasteiger partial charge in [-0.05, 0) is 24.5 Å². The third-order valence-electron chi connectivity index (χ3n) is 4.32. The van der Waals surface area contributed by atoms with E-state index in [9.17, 15) is 9.90 Å². The van der Waals surface area contributed by atoms with Gasteiger partial charge in [-0.15, -0.1) is 0 Å². The van der Waals surface area contributed by atoms with E-state index in [0.29, 0.717) is 25.3 Å². The molecule has 1 amide bonds. The first kappa shape index (κ1) is 15.7. The number of hydrogen-bond acceptors (Lipinski definition) is 4. The van der Waals surface area contributed by atoms with Crippen molar-refractivity contribution < 1.29 is 9.90 Å². The molecule has 2 heterocycles. The zero-order chi connectivity index (χ0) is 16.4. The second-order valence-corrected chi connectivity index (χ2v) is 6.23. The Kier molecular flexibility index (Phi) is 4.19. The van der Waals surface area contributed by atoms with Crippen molar-refractivity contribution in [2.24, 2.45) is 7.05 Å². The third-order valence-corrected chi connectivity index (χ3v) is 4.32. The molecule has 0 aliphatic carbocycles. The molecule has 1 aliphatic rings. The molecule has 0 spiro atoms. The van der Waals surface area contributed by atoms with Gasteiger partial charge in [0.15, 0.2) is 5.82 Å². The number of carbonyl (C=O) groups excluding carboxylic acids is 1. The standard InChI is InChI=1S/C17H22N4O2/c1-13-5-3-4-6-14(13)17(23)8-10-21(12-17)11-16(22)18-15-7-9-20(2)19-15/h3-7,9,23H,8,10-12H2,1-2H3,(H,18,19,22)/t17-/m0/s1. The molecule has 0 bridgehead atoms. The monoisotopic (exact) mass is 314 g/mol. The summed E-state index contributed by atoms with van der Waals surface area (Å²) < 4.78 is 1.64. The first-order chi connectivity index (χ1) is 11.0. The number of hydrogen-bond donors (Lipinski definition) is 2. The van der Waals surface area contributed by atoms with E-state index in [2.05, 4.69) is 10.4 Å². The van der Waals surface area contributed by atoms with Crippen LogP contribution in [0.25, 0.3) is 0 Å². The van der Waals surface area contributed by atoms with Crippen molar-refractivity contribution in [3.05, 3.63) is 47.7 Å². The Labute approximate surface area is 135 Å². The Morgan fingerprint density at radius 1 is 1.39 bits per heavy atom. The van der Waals surface area contributed by atoms with Crippen LogP contribution in [-0.4, -0.2) is 45.3 Å². The van der Waals surface area contributed by atoms with Gasteiger partial charge in [-0.2, -0.15) is 5.10 Å². The normalized spacial score (nSPS) is 21.5. The maximum atomic E-state index is 12.1. The first-order valence-corrected chi connectivity index (χ1v) is 7.77. The van der Waals surface area contributed by atoms with E-state index < -0.39 is 5.60 Å². The van der Waals surface area contributed by atoms with Crippen LogP contribution in [-0.2, 0) is 17.4 Å². The van der Waals surface area contributed by atoms with Crippen LogP contribution in [0.4, 0.5) is 5.82 Å². The van der Waals surface area contributed by atoms with Crippen molar-refractivity contribution in [2.75, 3.05) is 25.0 Å². The summed E-state index contributed by atoms with van der Waals surface area (Å²) in [5.74, 6) is 0.434. The summed E-state index contributed by atoms with van der Waals surface area (Å²) in [5.41, 5.74) is 1.15. The van der Waals surface area contributed by atoms with E-state index in [-0.39, 0.29) is 12.5 Å². The summed E-state index contributed by atoms with van der Waals surface area (Å²) in [7, 11) is 1.80. The van der Waals surface area contributed by atoms with E-state index in [4.69, 9.17) is 0 Å². The summed E-state index contributed by atoms with van der Waals surface area (Å²) in [5, 5.41) is 17.8. The largest absolute Gasteiger partial charge is 0.384 e. The Morgan fingerprint density at radius 2 is 2.17 bits per heavy atom. The maximum absolute atomic E-state index is 12.1. The molecule has 1 atom stereocenters. The molecule has 1 aromatic carbocycles. The number of β-amino-alcohol motifs (C(OH)–C–C–N with tert-alkyl or cyclic N) is 1. The van der Waals surface area contributed by atoms with Crippen molar-refractivity contribution in [3.8, 4) is 0 Å². The smallest absolute Gasteiger partial charge is 0.239 e. The minimum absolute atomic E-state index is 0.113. The van der Waals surface area contributed by atoms with E-state index in [1.807, 2.05) is 36.1 Å². The number of aliphatic hydroxyl groups is 1. The zero-order valence-electron chi connectivity index (χ0n) is 13.5. The lowest BCUT2D eigenvalue weighted by atomic mass is 9.89. The number of benzene rings is 1. The number of aryl methyl sites for hydroxylation is 2. The quantitative estimate of drug-likeness (QED) is 0.891.